The van der Waals surface area contributed by atoms with E-state index < -0.39 is 22.2 Å². The summed E-state index contributed by atoms with van der Waals surface area (Å²) in [5.41, 5.74) is 0. The van der Waals surface area contributed by atoms with E-state index in [-0.39, 0.29) is 5.75 Å². The average molecular weight is 182 g/mol. The summed E-state index contributed by atoms with van der Waals surface area (Å²) in [7, 11) is -3.59. The molecule has 0 aromatic rings. The largest absolute Gasteiger partial charge is 0.465 e. The lowest BCUT2D eigenvalue weighted by Gasteiger charge is -2.08. The quantitative estimate of drug-likeness (QED) is 0.516. The number of primary sulfonamides is 1. The van der Waals surface area contributed by atoms with Crippen LogP contribution in [0.4, 0.5) is 4.79 Å². The molecule has 1 amide bonds. The molecule has 0 spiro atoms. The van der Waals surface area contributed by atoms with Crippen molar-refractivity contribution in [1.82, 2.24) is 5.32 Å². The van der Waals surface area contributed by atoms with Crippen molar-refractivity contribution >= 4 is 16.1 Å². The lowest BCUT2D eigenvalue weighted by atomic mass is 10.4. The van der Waals surface area contributed by atoms with E-state index in [0.29, 0.717) is 0 Å². The smallest absolute Gasteiger partial charge is 0.404 e. The Kier molecular flexibility index (Phi) is 3.27. The topological polar surface area (TPSA) is 109 Å². The van der Waals surface area contributed by atoms with Crippen LogP contribution in [0.2, 0.25) is 0 Å². The highest BCUT2D eigenvalue weighted by atomic mass is 32.2. The molecule has 1 atom stereocenters. The van der Waals surface area contributed by atoms with Crippen molar-refractivity contribution in [1.29, 1.82) is 0 Å². The minimum atomic E-state index is -3.59. The lowest BCUT2D eigenvalue weighted by molar-refractivity contribution is 0.192. The highest BCUT2D eigenvalue weighted by Gasteiger charge is 2.11. The molecule has 0 aliphatic heterocycles. The van der Waals surface area contributed by atoms with Gasteiger partial charge in [0.25, 0.3) is 0 Å². The minimum absolute atomic E-state index is 0.390. The molecule has 0 saturated carbocycles. The van der Waals surface area contributed by atoms with Crippen molar-refractivity contribution in [2.75, 3.05) is 5.75 Å². The number of rotatable bonds is 3. The van der Waals surface area contributed by atoms with Crippen LogP contribution in [0.15, 0.2) is 0 Å². The molecule has 11 heavy (non-hydrogen) atoms. The Balaban J connectivity index is 3.89. The van der Waals surface area contributed by atoms with Crippen LogP contribution in [0.3, 0.4) is 0 Å². The number of nitrogens with two attached hydrogens (primary N) is 1. The van der Waals surface area contributed by atoms with Gasteiger partial charge >= 0.3 is 6.09 Å². The molecular weight excluding hydrogens is 172 g/mol. The van der Waals surface area contributed by atoms with Crippen molar-refractivity contribution in [2.45, 2.75) is 13.0 Å². The molecule has 0 aliphatic rings. The second kappa shape index (κ2) is 3.54. The molecule has 0 radical (unpaired) electrons. The number of amides is 1. The summed E-state index contributed by atoms with van der Waals surface area (Å²) in [6.07, 6.45) is -1.26. The molecule has 0 unspecified atom stereocenters. The van der Waals surface area contributed by atoms with Gasteiger partial charge in [0.15, 0.2) is 0 Å². The summed E-state index contributed by atoms with van der Waals surface area (Å²) in [4.78, 5) is 9.95. The summed E-state index contributed by atoms with van der Waals surface area (Å²) >= 11 is 0. The van der Waals surface area contributed by atoms with Crippen LogP contribution in [-0.4, -0.2) is 31.4 Å². The molecule has 0 aromatic carbocycles. The van der Waals surface area contributed by atoms with Gasteiger partial charge in [0.2, 0.25) is 10.0 Å². The molecular formula is C4H10N2O4S. The third kappa shape index (κ3) is 7.07. The van der Waals surface area contributed by atoms with Crippen molar-refractivity contribution in [3.05, 3.63) is 0 Å². The van der Waals surface area contributed by atoms with E-state index in [0.717, 1.165) is 0 Å². The van der Waals surface area contributed by atoms with Crippen molar-refractivity contribution in [2.24, 2.45) is 5.14 Å². The zero-order chi connectivity index (χ0) is 9.07. The number of hydrogen-bond acceptors (Lipinski definition) is 3. The lowest BCUT2D eigenvalue weighted by Crippen LogP contribution is -2.38. The highest BCUT2D eigenvalue weighted by Crippen LogP contribution is 1.86. The van der Waals surface area contributed by atoms with Crippen molar-refractivity contribution < 1.29 is 18.3 Å². The number of carbonyl (C=O) groups is 1. The van der Waals surface area contributed by atoms with Crippen molar-refractivity contribution in [3.8, 4) is 0 Å². The van der Waals surface area contributed by atoms with Crippen LogP contribution >= 0.6 is 0 Å². The summed E-state index contributed by atoms with van der Waals surface area (Å²) in [5, 5.41) is 14.7. The number of hydrogen-bond donors (Lipinski definition) is 3. The summed E-state index contributed by atoms with van der Waals surface area (Å²) in [6, 6.07) is -0.678. The predicted octanol–water partition coefficient (Wildman–Crippen LogP) is -1.07. The first-order valence-corrected chi connectivity index (χ1v) is 4.53. The molecule has 0 saturated heterocycles. The van der Waals surface area contributed by atoms with Gasteiger partial charge in [-0.15, -0.1) is 0 Å². The van der Waals surface area contributed by atoms with E-state index in [2.05, 4.69) is 5.14 Å². The van der Waals surface area contributed by atoms with E-state index in [1.807, 2.05) is 5.32 Å². The maximum absolute atomic E-state index is 10.4. The van der Waals surface area contributed by atoms with Gasteiger partial charge in [-0.1, -0.05) is 0 Å². The van der Waals surface area contributed by atoms with Gasteiger partial charge < -0.3 is 10.4 Å². The Hall–Kier alpha value is -0.820. The third-order valence-electron chi connectivity index (χ3n) is 0.852. The second-order valence-electron chi connectivity index (χ2n) is 2.18. The van der Waals surface area contributed by atoms with Crippen LogP contribution in [0.1, 0.15) is 6.92 Å². The van der Waals surface area contributed by atoms with Gasteiger partial charge in [-0.25, -0.2) is 18.4 Å². The average Bonchev–Trinajstić information content (AvgIpc) is 1.53. The van der Waals surface area contributed by atoms with E-state index >= 15 is 0 Å². The number of nitrogens with one attached hydrogen (secondary N) is 1. The van der Waals surface area contributed by atoms with Gasteiger partial charge in [0, 0.05) is 6.04 Å². The first-order valence-electron chi connectivity index (χ1n) is 2.81. The fourth-order valence-electron chi connectivity index (χ4n) is 0.601. The van der Waals surface area contributed by atoms with Crippen LogP contribution in [-0.2, 0) is 10.0 Å². The first kappa shape index (κ1) is 10.2. The zero-order valence-electron chi connectivity index (χ0n) is 5.94. The van der Waals surface area contributed by atoms with Gasteiger partial charge in [-0.2, -0.15) is 0 Å². The maximum Gasteiger partial charge on any atom is 0.404 e. The second-order valence-corrected chi connectivity index (χ2v) is 3.84. The SMILES string of the molecule is C[C@H](CS(N)(=O)=O)NC(=O)O. The summed E-state index contributed by atoms with van der Waals surface area (Å²) < 4.78 is 20.7. The molecule has 6 nitrogen and oxygen atoms in total. The van der Waals surface area contributed by atoms with Crippen LogP contribution in [0, 0.1) is 0 Å². The maximum atomic E-state index is 10.4. The van der Waals surface area contributed by atoms with Gasteiger partial charge in [-0.3, -0.25) is 0 Å². The van der Waals surface area contributed by atoms with Gasteiger partial charge in [0.05, 0.1) is 5.75 Å². The number of sulfonamides is 1. The molecule has 4 N–H and O–H groups in total. The Morgan fingerprint density at radius 2 is 2.18 bits per heavy atom. The fourth-order valence-corrected chi connectivity index (χ4v) is 1.38. The van der Waals surface area contributed by atoms with E-state index in [9.17, 15) is 13.2 Å². The first-order chi connectivity index (χ1) is 4.81. The molecule has 0 aliphatic carbocycles. The molecule has 0 rings (SSSR count). The molecule has 66 valence electrons. The molecule has 0 aromatic heterocycles. The summed E-state index contributed by atoms with van der Waals surface area (Å²) in [5.74, 6) is -0.390. The van der Waals surface area contributed by atoms with E-state index in [1.54, 1.807) is 0 Å². The van der Waals surface area contributed by atoms with Crippen LogP contribution < -0.4 is 10.5 Å². The van der Waals surface area contributed by atoms with Crippen molar-refractivity contribution in [3.63, 3.8) is 0 Å². The minimum Gasteiger partial charge on any atom is -0.465 e. The Morgan fingerprint density at radius 1 is 1.73 bits per heavy atom. The molecule has 0 heterocycles. The molecule has 0 fully saturated rings. The van der Waals surface area contributed by atoms with Gasteiger partial charge in [0.1, 0.15) is 0 Å². The molecule has 7 heteroatoms. The Morgan fingerprint density at radius 3 is 2.45 bits per heavy atom. The van der Waals surface area contributed by atoms with E-state index in [1.165, 1.54) is 6.92 Å². The van der Waals surface area contributed by atoms with Gasteiger partial charge in [-0.05, 0) is 6.92 Å². The third-order valence-corrected chi connectivity index (χ3v) is 1.82. The predicted molar refractivity (Wildman–Crippen MR) is 38.6 cm³/mol. The van der Waals surface area contributed by atoms with Crippen LogP contribution in [0.5, 0.6) is 0 Å². The van der Waals surface area contributed by atoms with Crippen LogP contribution in [0.25, 0.3) is 0 Å². The fraction of sp³-hybridized carbons (Fsp3) is 0.750. The normalized spacial score (nSPS) is 14.0. The monoisotopic (exact) mass is 182 g/mol. The Bertz CT molecular complexity index is 234. The Labute approximate surface area is 64.4 Å². The zero-order valence-corrected chi connectivity index (χ0v) is 6.76. The number of carboxylic acid groups (broad SMARTS) is 1. The standard InChI is InChI=1S/C4H10N2O4S/c1-3(6-4(7)8)2-11(5,9)10/h3,6H,2H2,1H3,(H,7,8)(H2,5,9,10)/t3-/m1/s1. The summed E-state index contributed by atoms with van der Waals surface area (Å²) in [6.45, 7) is 1.42. The highest BCUT2D eigenvalue weighted by molar-refractivity contribution is 7.89. The molecule has 0 bridgehead atoms. The van der Waals surface area contributed by atoms with E-state index in [4.69, 9.17) is 5.11 Å².